The van der Waals surface area contributed by atoms with Gasteiger partial charge in [0.1, 0.15) is 0 Å². The van der Waals surface area contributed by atoms with Crippen LogP contribution in [0.5, 0.6) is 0 Å². The van der Waals surface area contributed by atoms with E-state index in [-0.39, 0.29) is 0 Å². The lowest BCUT2D eigenvalue weighted by Crippen LogP contribution is -1.98. The van der Waals surface area contributed by atoms with Gasteiger partial charge >= 0.3 is 0 Å². The van der Waals surface area contributed by atoms with Crippen LogP contribution in [0.3, 0.4) is 0 Å². The van der Waals surface area contributed by atoms with Crippen LogP contribution in [0, 0.1) is 47.4 Å². The maximum Gasteiger partial charge on any atom is 0.0492 e. The van der Waals surface area contributed by atoms with E-state index in [1.54, 1.807) is 0 Å². The molecule has 0 atom stereocenters. The molecule has 16 bridgehead atoms. The van der Waals surface area contributed by atoms with Gasteiger partial charge in [0.15, 0.2) is 0 Å². The Morgan fingerprint density at radius 2 is 0.457 bits per heavy atom. The highest BCUT2D eigenvalue weighted by Gasteiger charge is 2.29. The normalized spacial score (nSPS) is 12.4. The number of rotatable bonds is 28. The van der Waals surface area contributed by atoms with Crippen LogP contribution >= 0.6 is 0 Å². The molecule has 0 N–H and O–H groups in total. The Bertz CT molecular complexity index is 4460. The van der Waals surface area contributed by atoms with Crippen molar-refractivity contribution in [3.63, 3.8) is 0 Å². The first-order valence-corrected chi connectivity index (χ1v) is 36.0. The molecule has 0 fully saturated rings. The summed E-state index contributed by atoms with van der Waals surface area (Å²) in [5.74, 6) is 29.8. The Balaban J connectivity index is 0.936. The molecule has 0 aliphatic heterocycles. The maximum absolute atomic E-state index is 3.68. The van der Waals surface area contributed by atoms with Crippen LogP contribution in [0.1, 0.15) is 250 Å². The van der Waals surface area contributed by atoms with E-state index in [9.17, 15) is 0 Å². The number of hydrogen-bond acceptors (Lipinski definition) is 0. The molecule has 0 saturated heterocycles. The number of benzene rings is 8. The Labute approximate surface area is 549 Å². The zero-order valence-electron chi connectivity index (χ0n) is 55.6. The first-order chi connectivity index (χ1) is 45.5. The van der Waals surface area contributed by atoms with Crippen molar-refractivity contribution in [2.75, 3.05) is 0 Å². The maximum atomic E-state index is 3.68. The van der Waals surface area contributed by atoms with Gasteiger partial charge in [0.2, 0.25) is 0 Å². The van der Waals surface area contributed by atoms with Crippen molar-refractivity contribution in [1.82, 2.24) is 13.7 Å². The summed E-state index contributed by atoms with van der Waals surface area (Å²) in [7, 11) is 0. The van der Waals surface area contributed by atoms with Crippen molar-refractivity contribution < 1.29 is 0 Å². The van der Waals surface area contributed by atoms with E-state index < -0.39 is 0 Å². The van der Waals surface area contributed by atoms with Crippen molar-refractivity contribution in [2.45, 2.75) is 214 Å². The fourth-order valence-corrected chi connectivity index (χ4v) is 15.2. The molecule has 13 rings (SSSR count). The Kier molecular flexibility index (Phi) is 20.1. The third kappa shape index (κ3) is 13.8. The van der Waals surface area contributed by atoms with E-state index in [1.165, 1.54) is 223 Å². The van der Waals surface area contributed by atoms with E-state index in [1.807, 2.05) is 0 Å². The largest absolute Gasteiger partial charge is 0.340 e. The van der Waals surface area contributed by atoms with Gasteiger partial charge in [-0.05, 0) is 181 Å². The van der Waals surface area contributed by atoms with Crippen molar-refractivity contribution >= 4 is 65.4 Å². The molecule has 0 amide bonds. The Morgan fingerprint density at radius 1 is 0.239 bits per heavy atom. The minimum absolute atomic E-state index is 0.367. The van der Waals surface area contributed by atoms with Gasteiger partial charge in [-0.15, -0.1) is 0 Å². The van der Waals surface area contributed by atoms with Crippen LogP contribution in [-0.4, -0.2) is 13.7 Å². The summed E-state index contributed by atoms with van der Waals surface area (Å²) >= 11 is 0. The molecular weight excluding hydrogens is 1110 g/mol. The lowest BCUT2D eigenvalue weighted by molar-refractivity contribution is 0.571. The molecule has 0 spiro atoms. The molecule has 11 aromatic rings. The van der Waals surface area contributed by atoms with Crippen LogP contribution < -0.4 is 0 Å². The third-order valence-electron chi connectivity index (χ3n) is 20.2. The van der Waals surface area contributed by atoms with E-state index in [2.05, 4.69) is 234 Å². The minimum atomic E-state index is 0.367. The molecule has 2 aliphatic rings. The first kappa shape index (κ1) is 62.2. The summed E-state index contributed by atoms with van der Waals surface area (Å²) in [6.45, 7) is 12.2. The van der Waals surface area contributed by atoms with Gasteiger partial charge in [0.05, 0.1) is 0 Å². The average Bonchev–Trinajstić information content (AvgIpc) is 1.66. The van der Waals surface area contributed by atoms with Gasteiger partial charge in [-0.3, -0.25) is 0 Å². The van der Waals surface area contributed by atoms with Crippen molar-refractivity contribution in [2.24, 2.45) is 0 Å². The van der Waals surface area contributed by atoms with Crippen molar-refractivity contribution in [3.05, 3.63) is 201 Å². The number of fused-ring (bicyclic) bond motifs is 8. The molecule has 0 unspecified atom stereocenters. The molecular formula is C89H93N3. The second-order valence-corrected chi connectivity index (χ2v) is 26.9. The lowest BCUT2D eigenvalue weighted by Gasteiger charge is -2.14. The summed E-state index contributed by atoms with van der Waals surface area (Å²) in [6.07, 6.45) is 31.7. The summed E-state index contributed by atoms with van der Waals surface area (Å²) in [5.41, 5.74) is 21.3. The van der Waals surface area contributed by atoms with Crippen LogP contribution in [0.25, 0.3) is 76.5 Å². The molecule has 3 nitrogen and oxygen atoms in total. The van der Waals surface area contributed by atoms with Crippen molar-refractivity contribution in [1.29, 1.82) is 0 Å². The molecule has 8 aromatic carbocycles. The number of unbranched alkanes of at least 4 members (excludes halogenated alkanes) is 20. The molecule has 464 valence electrons. The molecule has 3 heterocycles. The summed E-state index contributed by atoms with van der Waals surface area (Å²) in [5, 5.41) is 7.42. The SMILES string of the molecule is CCCCCCCCC1c2ccc3cc2-c2cc(ccc21)C#Cc1ccc2c(c1)c1cc(ccc1n2CCCCCCCC)C#Cc1ccc2c(c1)c1cc(ccc1n2CCCCCCCC)C#Cc1ccc2c(c1)c1cc(ccc1n2CCCCCCCC)C#C3. The fourth-order valence-electron chi connectivity index (χ4n) is 15.2. The van der Waals surface area contributed by atoms with E-state index in [0.29, 0.717) is 5.92 Å². The molecule has 92 heavy (non-hydrogen) atoms. The zero-order valence-corrected chi connectivity index (χ0v) is 55.6. The lowest BCUT2D eigenvalue weighted by atomic mass is 9.90. The quantitative estimate of drug-likeness (QED) is 0.0343. The van der Waals surface area contributed by atoms with E-state index in [4.69, 9.17) is 0 Å². The number of nitrogens with zero attached hydrogens (tertiary/aromatic N) is 3. The monoisotopic (exact) mass is 1200 g/mol. The van der Waals surface area contributed by atoms with Gasteiger partial charge in [-0.2, -0.15) is 0 Å². The van der Waals surface area contributed by atoms with Crippen LogP contribution in [-0.2, 0) is 19.6 Å². The van der Waals surface area contributed by atoms with Crippen LogP contribution in [0.15, 0.2) is 146 Å². The predicted octanol–water partition coefficient (Wildman–Crippen LogP) is 23.9. The highest BCUT2D eigenvalue weighted by Crippen LogP contribution is 2.48. The molecule has 0 saturated carbocycles. The van der Waals surface area contributed by atoms with E-state index >= 15 is 0 Å². The fraction of sp³-hybridized carbons (Fsp3) is 0.371. The van der Waals surface area contributed by atoms with Gasteiger partial charge < -0.3 is 13.7 Å². The van der Waals surface area contributed by atoms with Crippen LogP contribution in [0.4, 0.5) is 0 Å². The second-order valence-electron chi connectivity index (χ2n) is 26.9. The smallest absolute Gasteiger partial charge is 0.0492 e. The molecule has 3 aromatic heterocycles. The number of aryl methyl sites for hydroxylation is 3. The first-order valence-electron chi connectivity index (χ1n) is 36.0. The van der Waals surface area contributed by atoms with Crippen molar-refractivity contribution in [3.8, 4) is 58.5 Å². The topological polar surface area (TPSA) is 14.8 Å². The molecule has 0 radical (unpaired) electrons. The summed E-state index contributed by atoms with van der Waals surface area (Å²) in [4.78, 5) is 0. The summed E-state index contributed by atoms with van der Waals surface area (Å²) < 4.78 is 7.67. The van der Waals surface area contributed by atoms with Gasteiger partial charge in [0, 0.05) is 135 Å². The zero-order chi connectivity index (χ0) is 62.6. The molecule has 3 heteroatoms. The minimum Gasteiger partial charge on any atom is -0.340 e. The second kappa shape index (κ2) is 29.8. The van der Waals surface area contributed by atoms with Crippen LogP contribution in [0.2, 0.25) is 0 Å². The van der Waals surface area contributed by atoms with Gasteiger partial charge in [0.25, 0.3) is 0 Å². The number of hydrogen-bond donors (Lipinski definition) is 0. The van der Waals surface area contributed by atoms with Gasteiger partial charge in [-0.1, -0.05) is 222 Å². The Hall–Kier alpha value is -8.60. The average molecular weight is 1200 g/mol. The highest BCUT2D eigenvalue weighted by atomic mass is 15.0. The Morgan fingerprint density at radius 3 is 0.717 bits per heavy atom. The van der Waals surface area contributed by atoms with Gasteiger partial charge in [-0.25, -0.2) is 0 Å². The van der Waals surface area contributed by atoms with E-state index in [0.717, 1.165) is 89.8 Å². The molecule has 2 aliphatic carbocycles. The highest BCUT2D eigenvalue weighted by molar-refractivity contribution is 6.11. The predicted molar refractivity (Wildman–Crippen MR) is 394 cm³/mol. The third-order valence-corrected chi connectivity index (χ3v) is 20.2. The number of aromatic nitrogens is 3. The standard InChI is InChI=1S/C89H93N3/c1-5-9-13-17-21-25-29-73-74-46-38-65-30-32-67-40-48-84-78(59-67)80-61-69(42-50-86(80)90(84)54-26-22-18-14-10-6-2)34-36-71-44-52-88-82(63-71)83-64-72(45-53-89(83)92(88)56-28-24-20-16-12-8-4)37-35-70-43-51-87-81(62-70)79-60-68(33-31-66-39-47-75(73)77(58-66)76(74)57-65)41-49-85(79)91(87)55-27-23-19-15-11-7-3/h38-53,57-64,73H,5-29,54-56H2,1-4H3. The summed E-state index contributed by atoms with van der Waals surface area (Å²) in [6, 6.07) is 55.4.